The molecule has 1 aromatic heterocycles. The van der Waals surface area contributed by atoms with Gasteiger partial charge in [-0.2, -0.15) is 0 Å². The first-order valence-electron chi connectivity index (χ1n) is 9.54. The van der Waals surface area contributed by atoms with E-state index in [1.807, 2.05) is 24.3 Å². The summed E-state index contributed by atoms with van der Waals surface area (Å²) in [4.78, 5) is 29.4. The highest BCUT2D eigenvalue weighted by Gasteiger charge is 2.22. The summed E-state index contributed by atoms with van der Waals surface area (Å²) in [5.41, 5.74) is 1.50. The Morgan fingerprint density at radius 1 is 1.18 bits per heavy atom. The van der Waals surface area contributed by atoms with Gasteiger partial charge in [-0.3, -0.25) is 4.79 Å². The van der Waals surface area contributed by atoms with Gasteiger partial charge in [-0.15, -0.1) is 11.3 Å². The monoisotopic (exact) mass is 402 g/mol. The van der Waals surface area contributed by atoms with E-state index in [0.29, 0.717) is 10.6 Å². The van der Waals surface area contributed by atoms with Gasteiger partial charge in [0.15, 0.2) is 6.61 Å². The maximum atomic E-state index is 12.4. The minimum atomic E-state index is -0.512. The van der Waals surface area contributed by atoms with Crippen LogP contribution in [0.5, 0.6) is 5.75 Å². The molecule has 1 amide bonds. The lowest BCUT2D eigenvalue weighted by molar-refractivity contribution is -0.125. The highest BCUT2D eigenvalue weighted by atomic mass is 32.1. The fourth-order valence-electron chi connectivity index (χ4n) is 3.31. The Balaban J connectivity index is 1.55. The number of hydrogen-bond acceptors (Lipinski definition) is 6. The fourth-order valence-corrected chi connectivity index (χ4v) is 4.28. The Bertz CT molecular complexity index is 823. The molecule has 6 nitrogen and oxygen atoms in total. The Morgan fingerprint density at radius 3 is 2.50 bits per heavy atom. The van der Waals surface area contributed by atoms with Crippen LogP contribution in [0.15, 0.2) is 24.3 Å². The highest BCUT2D eigenvalue weighted by Crippen LogP contribution is 2.29. The molecule has 2 aromatic rings. The number of ether oxygens (including phenoxy) is 2. The Kier molecular flexibility index (Phi) is 6.67. The number of methoxy groups -OCH3 is 1. The predicted octanol–water partition coefficient (Wildman–Crippen LogP) is 3.98. The molecule has 3 rings (SSSR count). The number of nitrogens with one attached hydrogen (secondary N) is 1. The van der Waals surface area contributed by atoms with Crippen molar-refractivity contribution in [3.8, 4) is 16.3 Å². The molecule has 7 heteroatoms. The molecule has 0 spiro atoms. The molecule has 0 radical (unpaired) electrons. The zero-order valence-corrected chi connectivity index (χ0v) is 17.3. The molecule has 0 saturated heterocycles. The van der Waals surface area contributed by atoms with Crippen molar-refractivity contribution in [1.29, 1.82) is 0 Å². The van der Waals surface area contributed by atoms with E-state index in [0.717, 1.165) is 47.9 Å². The number of hydrogen-bond donors (Lipinski definition) is 1. The lowest BCUT2D eigenvalue weighted by Gasteiger charge is -2.26. The molecule has 150 valence electrons. The second-order valence-corrected chi connectivity index (χ2v) is 8.26. The first-order valence-corrected chi connectivity index (χ1v) is 10.4. The van der Waals surface area contributed by atoms with Crippen molar-refractivity contribution in [3.63, 3.8) is 0 Å². The van der Waals surface area contributed by atoms with E-state index in [2.05, 4.69) is 17.2 Å². The summed E-state index contributed by atoms with van der Waals surface area (Å²) in [7, 11) is 1.61. The summed E-state index contributed by atoms with van der Waals surface area (Å²) in [5.74, 6) is 0.725. The van der Waals surface area contributed by atoms with Crippen molar-refractivity contribution >= 4 is 23.2 Å². The minimum Gasteiger partial charge on any atom is -0.497 e. The summed E-state index contributed by atoms with van der Waals surface area (Å²) in [6.07, 6.45) is 4.22. The maximum absolute atomic E-state index is 12.4. The van der Waals surface area contributed by atoms with Crippen molar-refractivity contribution in [3.05, 3.63) is 34.8 Å². The summed E-state index contributed by atoms with van der Waals surface area (Å²) in [5, 5.41) is 3.69. The van der Waals surface area contributed by atoms with Crippen LogP contribution in [0.25, 0.3) is 10.6 Å². The second-order valence-electron chi connectivity index (χ2n) is 7.26. The third kappa shape index (κ3) is 5.10. The topological polar surface area (TPSA) is 77.5 Å². The Morgan fingerprint density at radius 2 is 1.86 bits per heavy atom. The molecule has 1 heterocycles. The van der Waals surface area contributed by atoms with Crippen LogP contribution in [0.3, 0.4) is 0 Å². The van der Waals surface area contributed by atoms with Gasteiger partial charge in [-0.1, -0.05) is 6.92 Å². The van der Waals surface area contributed by atoms with Crippen LogP contribution in [0.2, 0.25) is 0 Å². The number of amides is 1. The Hall–Kier alpha value is -2.41. The quantitative estimate of drug-likeness (QED) is 0.740. The Labute approximate surface area is 169 Å². The first-order chi connectivity index (χ1) is 13.5. The number of carbonyl (C=O) groups excluding carboxylic acids is 2. The maximum Gasteiger partial charge on any atom is 0.350 e. The number of rotatable bonds is 6. The number of esters is 1. The van der Waals surface area contributed by atoms with E-state index in [-0.39, 0.29) is 18.6 Å². The lowest BCUT2D eigenvalue weighted by Crippen LogP contribution is -2.39. The van der Waals surface area contributed by atoms with Crippen LogP contribution in [-0.2, 0) is 9.53 Å². The van der Waals surface area contributed by atoms with E-state index < -0.39 is 5.97 Å². The van der Waals surface area contributed by atoms with Gasteiger partial charge in [0, 0.05) is 11.6 Å². The zero-order valence-electron chi connectivity index (χ0n) is 16.5. The molecule has 1 saturated carbocycles. The van der Waals surface area contributed by atoms with E-state index >= 15 is 0 Å². The third-order valence-corrected chi connectivity index (χ3v) is 6.22. The smallest absolute Gasteiger partial charge is 0.350 e. The highest BCUT2D eigenvalue weighted by molar-refractivity contribution is 7.17. The first kappa shape index (κ1) is 20.3. The fraction of sp³-hybridized carbons (Fsp3) is 0.476. The van der Waals surface area contributed by atoms with Crippen LogP contribution < -0.4 is 10.1 Å². The second kappa shape index (κ2) is 9.19. The van der Waals surface area contributed by atoms with Gasteiger partial charge in [0.05, 0.1) is 12.8 Å². The van der Waals surface area contributed by atoms with Gasteiger partial charge in [0.1, 0.15) is 15.6 Å². The van der Waals surface area contributed by atoms with Crippen molar-refractivity contribution < 1.29 is 19.1 Å². The van der Waals surface area contributed by atoms with Gasteiger partial charge in [-0.25, -0.2) is 9.78 Å². The number of nitrogens with zero attached hydrogens (tertiary/aromatic N) is 1. The average Bonchev–Trinajstić information content (AvgIpc) is 3.10. The molecule has 0 unspecified atom stereocenters. The largest absolute Gasteiger partial charge is 0.497 e. The van der Waals surface area contributed by atoms with E-state index in [4.69, 9.17) is 9.47 Å². The van der Waals surface area contributed by atoms with Crippen molar-refractivity contribution in [2.24, 2.45) is 5.92 Å². The van der Waals surface area contributed by atoms with E-state index in [1.54, 1.807) is 14.0 Å². The number of thiazole rings is 1. The van der Waals surface area contributed by atoms with Crippen LogP contribution in [0, 0.1) is 12.8 Å². The van der Waals surface area contributed by atoms with Gasteiger partial charge in [0.25, 0.3) is 5.91 Å². The molecular formula is C21H26N2O4S. The molecule has 0 bridgehead atoms. The molecule has 1 fully saturated rings. The van der Waals surface area contributed by atoms with Gasteiger partial charge in [-0.05, 0) is 62.8 Å². The standard InChI is InChI=1S/C21H26N2O4S/c1-13-4-8-16(9-5-13)23-18(24)12-27-21(25)19-14(2)22-20(28-19)15-6-10-17(26-3)11-7-15/h6-7,10-11,13,16H,4-5,8-9,12H2,1-3H3,(H,23,24). The van der Waals surface area contributed by atoms with Crippen molar-refractivity contribution in [2.45, 2.75) is 45.6 Å². The van der Waals surface area contributed by atoms with Crippen LogP contribution in [-0.4, -0.2) is 36.6 Å². The van der Waals surface area contributed by atoms with E-state index in [9.17, 15) is 9.59 Å². The summed E-state index contributed by atoms with van der Waals surface area (Å²) < 4.78 is 10.4. The van der Waals surface area contributed by atoms with Crippen LogP contribution in [0.1, 0.15) is 48.0 Å². The summed E-state index contributed by atoms with van der Waals surface area (Å²) in [6.45, 7) is 3.74. The third-order valence-electron chi connectivity index (χ3n) is 5.03. The molecule has 1 aliphatic carbocycles. The average molecular weight is 403 g/mol. The number of aryl methyl sites for hydroxylation is 1. The molecule has 1 aliphatic rings. The van der Waals surface area contributed by atoms with Crippen LogP contribution >= 0.6 is 11.3 Å². The number of carbonyl (C=O) groups is 2. The van der Waals surface area contributed by atoms with Gasteiger partial charge in [0.2, 0.25) is 0 Å². The summed E-state index contributed by atoms with van der Waals surface area (Å²) in [6, 6.07) is 7.67. The lowest BCUT2D eigenvalue weighted by atomic mass is 9.87. The molecule has 1 aromatic carbocycles. The molecule has 1 N–H and O–H groups in total. The SMILES string of the molecule is COc1ccc(-c2nc(C)c(C(=O)OCC(=O)NC3CCC(C)CC3)s2)cc1. The number of aromatic nitrogens is 1. The number of benzene rings is 1. The van der Waals surface area contributed by atoms with Crippen LogP contribution in [0.4, 0.5) is 0 Å². The van der Waals surface area contributed by atoms with Gasteiger partial charge >= 0.3 is 5.97 Å². The van der Waals surface area contributed by atoms with Crippen molar-refractivity contribution in [1.82, 2.24) is 10.3 Å². The molecular weight excluding hydrogens is 376 g/mol. The predicted molar refractivity (Wildman–Crippen MR) is 109 cm³/mol. The zero-order chi connectivity index (χ0) is 20.1. The molecule has 28 heavy (non-hydrogen) atoms. The normalized spacial score (nSPS) is 19.1. The van der Waals surface area contributed by atoms with E-state index in [1.165, 1.54) is 11.3 Å². The molecule has 0 atom stereocenters. The van der Waals surface area contributed by atoms with Crippen molar-refractivity contribution in [2.75, 3.05) is 13.7 Å². The molecule has 0 aliphatic heterocycles. The van der Waals surface area contributed by atoms with Gasteiger partial charge < -0.3 is 14.8 Å². The summed E-state index contributed by atoms with van der Waals surface area (Å²) >= 11 is 1.26. The minimum absolute atomic E-state index is 0.189.